The van der Waals surface area contributed by atoms with Crippen LogP contribution in [0, 0.1) is 0 Å². The van der Waals surface area contributed by atoms with Crippen molar-refractivity contribution < 1.29 is 13.2 Å². The minimum atomic E-state index is -3.28. The van der Waals surface area contributed by atoms with E-state index >= 15 is 0 Å². The molecule has 0 saturated heterocycles. The van der Waals surface area contributed by atoms with Crippen molar-refractivity contribution in [2.75, 3.05) is 6.54 Å². The van der Waals surface area contributed by atoms with Gasteiger partial charge in [0.1, 0.15) is 0 Å². The molecule has 0 unspecified atom stereocenters. The molecular formula is C18H29ClN2O3S. The third-order valence-electron chi connectivity index (χ3n) is 5.20. The number of amides is 1. The molecule has 1 saturated carbocycles. The van der Waals surface area contributed by atoms with Crippen LogP contribution < -0.4 is 11.1 Å². The molecule has 5 nitrogen and oxygen atoms in total. The number of carbonyl (C=O) groups excluding carboxylic acids is 1. The summed E-state index contributed by atoms with van der Waals surface area (Å²) < 4.78 is 25.1. The standard InChI is InChI=1S/C18H28N2O3S.ClH/c1-3-18(19,4-2)13-20-17(21)14-9-11-16(12-10-14)24(22,23)15-7-5-6-8-15;/h9-12,15H,3-8,13,19H2,1-2H3,(H,20,21);1H. The zero-order chi connectivity index (χ0) is 17.8. The van der Waals surface area contributed by atoms with E-state index in [4.69, 9.17) is 5.73 Å². The molecule has 1 aliphatic rings. The summed E-state index contributed by atoms with van der Waals surface area (Å²) in [7, 11) is -3.28. The van der Waals surface area contributed by atoms with E-state index in [-0.39, 0.29) is 23.6 Å². The van der Waals surface area contributed by atoms with Gasteiger partial charge in [-0.05, 0) is 49.9 Å². The van der Waals surface area contributed by atoms with Gasteiger partial charge in [-0.3, -0.25) is 4.79 Å². The molecule has 2 rings (SSSR count). The van der Waals surface area contributed by atoms with Crippen molar-refractivity contribution in [1.82, 2.24) is 5.32 Å². The van der Waals surface area contributed by atoms with E-state index in [2.05, 4.69) is 5.32 Å². The van der Waals surface area contributed by atoms with Gasteiger partial charge < -0.3 is 11.1 Å². The Labute approximate surface area is 157 Å². The van der Waals surface area contributed by atoms with Crippen molar-refractivity contribution in [3.63, 3.8) is 0 Å². The Morgan fingerprint density at radius 3 is 2.16 bits per heavy atom. The lowest BCUT2D eigenvalue weighted by Crippen LogP contribution is -2.49. The van der Waals surface area contributed by atoms with Crippen molar-refractivity contribution in [3.8, 4) is 0 Å². The van der Waals surface area contributed by atoms with Crippen LogP contribution in [0.15, 0.2) is 29.2 Å². The summed E-state index contributed by atoms with van der Waals surface area (Å²) in [6.45, 7) is 4.40. The summed E-state index contributed by atoms with van der Waals surface area (Å²) >= 11 is 0. The summed E-state index contributed by atoms with van der Waals surface area (Å²) in [5.74, 6) is -0.225. The van der Waals surface area contributed by atoms with Gasteiger partial charge in [0.05, 0.1) is 10.1 Å². The molecule has 1 aliphatic carbocycles. The van der Waals surface area contributed by atoms with E-state index in [0.717, 1.165) is 38.5 Å². The van der Waals surface area contributed by atoms with Crippen LogP contribution in [0.25, 0.3) is 0 Å². The van der Waals surface area contributed by atoms with Crippen LogP contribution >= 0.6 is 12.4 Å². The fraction of sp³-hybridized carbons (Fsp3) is 0.611. The second-order valence-electron chi connectivity index (χ2n) is 6.73. The average molecular weight is 389 g/mol. The maximum absolute atomic E-state index is 12.5. The zero-order valence-corrected chi connectivity index (χ0v) is 16.6. The molecule has 0 heterocycles. The zero-order valence-electron chi connectivity index (χ0n) is 15.0. The number of sulfone groups is 1. The van der Waals surface area contributed by atoms with Crippen LogP contribution in [0.2, 0.25) is 0 Å². The Kier molecular flexibility index (Phi) is 7.90. The van der Waals surface area contributed by atoms with E-state index in [1.807, 2.05) is 13.8 Å². The molecule has 0 radical (unpaired) electrons. The number of nitrogens with one attached hydrogen (secondary N) is 1. The van der Waals surface area contributed by atoms with E-state index < -0.39 is 15.4 Å². The molecule has 0 aliphatic heterocycles. The highest BCUT2D eigenvalue weighted by Gasteiger charge is 2.30. The van der Waals surface area contributed by atoms with Gasteiger partial charge >= 0.3 is 0 Å². The molecule has 1 amide bonds. The third-order valence-corrected chi connectivity index (χ3v) is 7.47. The van der Waals surface area contributed by atoms with Gasteiger partial charge in [-0.2, -0.15) is 0 Å². The molecule has 7 heteroatoms. The predicted octanol–water partition coefficient (Wildman–Crippen LogP) is 3.07. The van der Waals surface area contributed by atoms with E-state index in [9.17, 15) is 13.2 Å². The maximum atomic E-state index is 12.5. The van der Waals surface area contributed by atoms with Gasteiger partial charge in [-0.15, -0.1) is 12.4 Å². The fourth-order valence-electron chi connectivity index (χ4n) is 3.05. The summed E-state index contributed by atoms with van der Waals surface area (Å²) in [6, 6.07) is 6.23. The van der Waals surface area contributed by atoms with Crippen LogP contribution in [0.1, 0.15) is 62.7 Å². The SMILES string of the molecule is CCC(N)(CC)CNC(=O)c1ccc(S(=O)(=O)C2CCCC2)cc1.Cl. The van der Waals surface area contributed by atoms with Crippen molar-refractivity contribution in [2.45, 2.75) is 68.1 Å². The minimum absolute atomic E-state index is 0. The number of benzene rings is 1. The normalized spacial score (nSPS) is 15.6. The molecule has 142 valence electrons. The van der Waals surface area contributed by atoms with Crippen molar-refractivity contribution >= 4 is 28.2 Å². The molecule has 0 bridgehead atoms. The van der Waals surface area contributed by atoms with Crippen LogP contribution in [0.4, 0.5) is 0 Å². The van der Waals surface area contributed by atoms with Gasteiger partial charge in [-0.25, -0.2) is 8.42 Å². The average Bonchev–Trinajstić information content (AvgIpc) is 3.15. The van der Waals surface area contributed by atoms with Gasteiger partial charge in [0.2, 0.25) is 0 Å². The summed E-state index contributed by atoms with van der Waals surface area (Å²) in [5, 5.41) is 2.57. The van der Waals surface area contributed by atoms with Gasteiger partial charge in [0.25, 0.3) is 5.91 Å². The molecule has 1 aromatic rings. The first kappa shape index (κ1) is 21.9. The molecule has 1 aromatic carbocycles. The predicted molar refractivity (Wildman–Crippen MR) is 103 cm³/mol. The second-order valence-corrected chi connectivity index (χ2v) is 8.96. The lowest BCUT2D eigenvalue weighted by atomic mass is 9.94. The Balaban J connectivity index is 0.00000312. The van der Waals surface area contributed by atoms with Crippen LogP contribution in [0.3, 0.4) is 0 Å². The lowest BCUT2D eigenvalue weighted by Gasteiger charge is -2.26. The molecule has 0 spiro atoms. The fourth-order valence-corrected chi connectivity index (χ4v) is 4.90. The maximum Gasteiger partial charge on any atom is 0.251 e. The number of nitrogens with two attached hydrogens (primary N) is 1. The highest BCUT2D eigenvalue weighted by Crippen LogP contribution is 2.29. The minimum Gasteiger partial charge on any atom is -0.350 e. The van der Waals surface area contributed by atoms with Crippen molar-refractivity contribution in [2.24, 2.45) is 5.73 Å². The summed E-state index contributed by atoms with van der Waals surface area (Å²) in [4.78, 5) is 12.5. The van der Waals surface area contributed by atoms with Crippen molar-refractivity contribution in [3.05, 3.63) is 29.8 Å². The van der Waals surface area contributed by atoms with E-state index in [1.165, 1.54) is 12.1 Å². The topological polar surface area (TPSA) is 89.3 Å². The Bertz CT molecular complexity index is 664. The third kappa shape index (κ3) is 5.19. The molecule has 3 N–H and O–H groups in total. The Morgan fingerprint density at radius 1 is 1.16 bits per heavy atom. The largest absolute Gasteiger partial charge is 0.350 e. The number of hydrogen-bond donors (Lipinski definition) is 2. The molecule has 1 fully saturated rings. The number of rotatable bonds is 7. The number of hydrogen-bond acceptors (Lipinski definition) is 4. The number of halogens is 1. The van der Waals surface area contributed by atoms with Crippen LogP contribution in [-0.4, -0.2) is 31.7 Å². The number of carbonyl (C=O) groups is 1. The molecular weight excluding hydrogens is 360 g/mol. The summed E-state index contributed by atoms with van der Waals surface area (Å²) in [6.07, 6.45) is 4.97. The first-order valence-electron chi connectivity index (χ1n) is 8.73. The lowest BCUT2D eigenvalue weighted by molar-refractivity contribution is 0.0942. The first-order valence-corrected chi connectivity index (χ1v) is 10.3. The van der Waals surface area contributed by atoms with Gasteiger partial charge in [-0.1, -0.05) is 26.7 Å². The quantitative estimate of drug-likeness (QED) is 0.751. The van der Waals surface area contributed by atoms with Gasteiger partial charge in [0.15, 0.2) is 9.84 Å². The Hall–Kier alpha value is -1.11. The van der Waals surface area contributed by atoms with E-state index in [0.29, 0.717) is 17.0 Å². The van der Waals surface area contributed by atoms with Crippen LogP contribution in [-0.2, 0) is 9.84 Å². The molecule has 0 aromatic heterocycles. The van der Waals surface area contributed by atoms with E-state index in [1.54, 1.807) is 12.1 Å². The second kappa shape index (κ2) is 9.01. The first-order chi connectivity index (χ1) is 11.3. The van der Waals surface area contributed by atoms with Gasteiger partial charge in [0, 0.05) is 17.6 Å². The monoisotopic (exact) mass is 388 g/mol. The Morgan fingerprint density at radius 2 is 1.68 bits per heavy atom. The highest BCUT2D eigenvalue weighted by molar-refractivity contribution is 7.92. The molecule has 25 heavy (non-hydrogen) atoms. The smallest absolute Gasteiger partial charge is 0.251 e. The molecule has 0 atom stereocenters. The summed E-state index contributed by atoms with van der Waals surface area (Å²) in [5.41, 5.74) is 6.23. The highest BCUT2D eigenvalue weighted by atomic mass is 35.5. The van der Waals surface area contributed by atoms with Crippen LogP contribution in [0.5, 0.6) is 0 Å². The van der Waals surface area contributed by atoms with Crippen molar-refractivity contribution in [1.29, 1.82) is 0 Å².